The van der Waals surface area contributed by atoms with E-state index >= 15 is 0 Å². The highest BCUT2D eigenvalue weighted by atomic mass is 35.5. The summed E-state index contributed by atoms with van der Waals surface area (Å²) in [6.07, 6.45) is 2.58. The molecule has 1 aromatic carbocycles. The Labute approximate surface area is 93.8 Å². The molecule has 14 heavy (non-hydrogen) atoms. The first-order chi connectivity index (χ1) is 6.63. The summed E-state index contributed by atoms with van der Waals surface area (Å²) in [4.78, 5) is 11.6. The lowest BCUT2D eigenvalue weighted by molar-refractivity contribution is 0.0989. The Morgan fingerprint density at radius 2 is 2.14 bits per heavy atom. The fraction of sp³-hybridized carbons (Fsp3) is 0.364. The number of carbonyl (C=O) groups excluding carboxylic acids is 1. The van der Waals surface area contributed by atoms with E-state index in [0.29, 0.717) is 11.4 Å². The molecule has 0 saturated heterocycles. The van der Waals surface area contributed by atoms with E-state index in [-0.39, 0.29) is 5.78 Å². The second-order valence-corrected chi connectivity index (χ2v) is 4.61. The summed E-state index contributed by atoms with van der Waals surface area (Å²) >= 11 is 7.55. The molecule has 1 aromatic rings. The predicted molar refractivity (Wildman–Crippen MR) is 63.5 cm³/mol. The van der Waals surface area contributed by atoms with Gasteiger partial charge in [-0.2, -0.15) is 11.8 Å². The van der Waals surface area contributed by atoms with Crippen molar-refractivity contribution in [1.82, 2.24) is 0 Å². The number of benzene rings is 1. The van der Waals surface area contributed by atoms with Crippen LogP contribution in [0, 0.1) is 6.92 Å². The van der Waals surface area contributed by atoms with Gasteiger partial charge in [0.2, 0.25) is 0 Å². The molecule has 1 rings (SSSR count). The van der Waals surface area contributed by atoms with Crippen molar-refractivity contribution in [1.29, 1.82) is 0 Å². The van der Waals surface area contributed by atoms with Crippen molar-refractivity contribution in [2.24, 2.45) is 0 Å². The van der Waals surface area contributed by atoms with E-state index in [1.807, 2.05) is 25.3 Å². The van der Waals surface area contributed by atoms with Gasteiger partial charge in [-0.05, 0) is 36.9 Å². The van der Waals surface area contributed by atoms with Gasteiger partial charge in [-0.1, -0.05) is 11.6 Å². The number of carbonyl (C=O) groups is 1. The van der Waals surface area contributed by atoms with Crippen LogP contribution in [-0.4, -0.2) is 17.8 Å². The summed E-state index contributed by atoms with van der Waals surface area (Å²) in [6.45, 7) is 1.94. The number of aryl methyl sites for hydroxylation is 1. The van der Waals surface area contributed by atoms with E-state index < -0.39 is 0 Å². The van der Waals surface area contributed by atoms with E-state index in [9.17, 15) is 4.79 Å². The number of halogens is 1. The molecular formula is C11H13ClOS. The number of ketones is 1. The van der Waals surface area contributed by atoms with Crippen LogP contribution in [0.4, 0.5) is 0 Å². The van der Waals surface area contributed by atoms with E-state index in [1.54, 1.807) is 17.8 Å². The molecule has 0 aromatic heterocycles. The van der Waals surface area contributed by atoms with Gasteiger partial charge in [0.15, 0.2) is 5.78 Å². The van der Waals surface area contributed by atoms with Crippen molar-refractivity contribution in [3.63, 3.8) is 0 Å². The molecule has 0 heterocycles. The number of rotatable bonds is 4. The molecule has 0 unspecified atom stereocenters. The minimum Gasteiger partial charge on any atom is -0.294 e. The van der Waals surface area contributed by atoms with E-state index in [2.05, 4.69) is 0 Å². The average Bonchev–Trinajstić information content (AvgIpc) is 2.12. The summed E-state index contributed by atoms with van der Waals surface area (Å²) < 4.78 is 0. The van der Waals surface area contributed by atoms with Gasteiger partial charge in [-0.15, -0.1) is 0 Å². The molecule has 1 nitrogen and oxygen atoms in total. The quantitative estimate of drug-likeness (QED) is 0.733. The van der Waals surface area contributed by atoms with Crippen LogP contribution >= 0.6 is 23.4 Å². The predicted octanol–water partition coefficient (Wildman–Crippen LogP) is 3.58. The zero-order valence-electron chi connectivity index (χ0n) is 8.34. The Kier molecular flexibility index (Phi) is 4.49. The van der Waals surface area contributed by atoms with Crippen molar-refractivity contribution < 1.29 is 4.79 Å². The lowest BCUT2D eigenvalue weighted by Crippen LogP contribution is -2.00. The van der Waals surface area contributed by atoms with Gasteiger partial charge in [0.25, 0.3) is 0 Å². The van der Waals surface area contributed by atoms with Crippen LogP contribution in [-0.2, 0) is 0 Å². The molecule has 0 saturated carbocycles. The Balaban J connectivity index is 2.79. The minimum atomic E-state index is 0.171. The fourth-order valence-electron chi connectivity index (χ4n) is 1.24. The molecule has 0 bridgehead atoms. The highest BCUT2D eigenvalue weighted by molar-refractivity contribution is 7.98. The Bertz CT molecular complexity index is 316. The number of Topliss-reactive ketones (excluding diaryl/α,β-unsaturated/α-hetero) is 1. The minimum absolute atomic E-state index is 0.171. The topological polar surface area (TPSA) is 17.1 Å². The molecular weight excluding hydrogens is 216 g/mol. The summed E-state index contributed by atoms with van der Waals surface area (Å²) in [5.74, 6) is 1.04. The molecule has 0 fully saturated rings. The number of hydrogen-bond donors (Lipinski definition) is 0. The van der Waals surface area contributed by atoms with E-state index in [0.717, 1.165) is 16.9 Å². The van der Waals surface area contributed by atoms with Crippen LogP contribution in [0.25, 0.3) is 0 Å². The third-order valence-corrected chi connectivity index (χ3v) is 2.73. The normalized spacial score (nSPS) is 10.2. The van der Waals surface area contributed by atoms with Gasteiger partial charge in [0, 0.05) is 22.8 Å². The van der Waals surface area contributed by atoms with Crippen molar-refractivity contribution >= 4 is 29.1 Å². The van der Waals surface area contributed by atoms with Gasteiger partial charge < -0.3 is 0 Å². The monoisotopic (exact) mass is 228 g/mol. The van der Waals surface area contributed by atoms with Crippen LogP contribution in [0.1, 0.15) is 22.3 Å². The summed E-state index contributed by atoms with van der Waals surface area (Å²) in [6, 6.07) is 5.47. The summed E-state index contributed by atoms with van der Waals surface area (Å²) in [5, 5.41) is 0.637. The van der Waals surface area contributed by atoms with E-state index in [4.69, 9.17) is 11.6 Å². The molecule has 0 aliphatic heterocycles. The Morgan fingerprint density at radius 1 is 1.43 bits per heavy atom. The van der Waals surface area contributed by atoms with Crippen LogP contribution < -0.4 is 0 Å². The van der Waals surface area contributed by atoms with Crippen LogP contribution in [0.2, 0.25) is 5.02 Å². The van der Waals surface area contributed by atoms with Crippen LogP contribution in [0.3, 0.4) is 0 Å². The van der Waals surface area contributed by atoms with Crippen molar-refractivity contribution in [3.05, 3.63) is 34.3 Å². The molecule has 0 atom stereocenters. The molecule has 0 aliphatic rings. The SMILES string of the molecule is CSCCC(=O)c1cc(C)cc(Cl)c1. The first kappa shape index (κ1) is 11.6. The number of thioether (sulfide) groups is 1. The van der Waals surface area contributed by atoms with Crippen molar-refractivity contribution in [2.45, 2.75) is 13.3 Å². The van der Waals surface area contributed by atoms with Crippen molar-refractivity contribution in [3.8, 4) is 0 Å². The van der Waals surface area contributed by atoms with E-state index in [1.165, 1.54) is 0 Å². The smallest absolute Gasteiger partial charge is 0.163 e. The fourth-order valence-corrected chi connectivity index (χ4v) is 1.92. The number of hydrogen-bond acceptors (Lipinski definition) is 2. The lowest BCUT2D eigenvalue weighted by Gasteiger charge is -2.02. The molecule has 0 radical (unpaired) electrons. The standard InChI is InChI=1S/C11H13ClOS/c1-8-5-9(7-10(12)6-8)11(13)3-4-14-2/h5-7H,3-4H2,1-2H3. The second kappa shape index (κ2) is 5.42. The highest BCUT2D eigenvalue weighted by Gasteiger charge is 2.06. The zero-order chi connectivity index (χ0) is 10.6. The van der Waals surface area contributed by atoms with Gasteiger partial charge in [0.1, 0.15) is 0 Å². The summed E-state index contributed by atoms with van der Waals surface area (Å²) in [7, 11) is 0. The van der Waals surface area contributed by atoms with Gasteiger partial charge >= 0.3 is 0 Å². The largest absolute Gasteiger partial charge is 0.294 e. The van der Waals surface area contributed by atoms with Gasteiger partial charge in [-0.3, -0.25) is 4.79 Å². The van der Waals surface area contributed by atoms with Crippen molar-refractivity contribution in [2.75, 3.05) is 12.0 Å². The first-order valence-corrected chi connectivity index (χ1v) is 6.20. The third kappa shape index (κ3) is 3.35. The molecule has 3 heteroatoms. The van der Waals surface area contributed by atoms with Crippen LogP contribution in [0.5, 0.6) is 0 Å². The maximum atomic E-state index is 11.6. The molecule has 0 aliphatic carbocycles. The maximum Gasteiger partial charge on any atom is 0.163 e. The second-order valence-electron chi connectivity index (χ2n) is 3.18. The highest BCUT2D eigenvalue weighted by Crippen LogP contribution is 2.16. The average molecular weight is 229 g/mol. The lowest BCUT2D eigenvalue weighted by atomic mass is 10.1. The van der Waals surface area contributed by atoms with Gasteiger partial charge in [-0.25, -0.2) is 0 Å². The zero-order valence-corrected chi connectivity index (χ0v) is 9.91. The van der Waals surface area contributed by atoms with Gasteiger partial charge in [0.05, 0.1) is 0 Å². The van der Waals surface area contributed by atoms with Crippen LogP contribution in [0.15, 0.2) is 18.2 Å². The summed E-state index contributed by atoms with van der Waals surface area (Å²) in [5.41, 5.74) is 1.76. The Hall–Kier alpha value is -0.470. The third-order valence-electron chi connectivity index (χ3n) is 1.90. The first-order valence-electron chi connectivity index (χ1n) is 4.43. The molecule has 0 amide bonds. The Morgan fingerprint density at radius 3 is 2.71 bits per heavy atom. The molecule has 0 spiro atoms. The maximum absolute atomic E-state index is 11.6. The molecule has 0 N–H and O–H groups in total. The molecule has 76 valence electrons.